The SMILES string of the molecule is CCCNC(=O)C(CC)N(Cc1cccc(C)c1)C(=O)CN(c1cc(Cl)ccc1Cl)S(=O)(=O)c1ccccc1. The van der Waals surface area contributed by atoms with Gasteiger partial charge in [0.15, 0.2) is 0 Å². The summed E-state index contributed by atoms with van der Waals surface area (Å²) in [5, 5.41) is 3.25. The lowest BCUT2D eigenvalue weighted by Gasteiger charge is -2.33. The van der Waals surface area contributed by atoms with E-state index in [-0.39, 0.29) is 33.1 Å². The molecule has 0 aliphatic rings. The van der Waals surface area contributed by atoms with Gasteiger partial charge in [-0.3, -0.25) is 13.9 Å². The molecule has 0 aromatic heterocycles. The van der Waals surface area contributed by atoms with Crippen LogP contribution in [0.15, 0.2) is 77.7 Å². The Morgan fingerprint density at radius 3 is 2.31 bits per heavy atom. The monoisotopic (exact) mass is 589 g/mol. The van der Waals surface area contributed by atoms with Crippen molar-refractivity contribution in [2.24, 2.45) is 0 Å². The van der Waals surface area contributed by atoms with Crippen LogP contribution in [0.5, 0.6) is 0 Å². The average Bonchev–Trinajstić information content (AvgIpc) is 2.92. The zero-order valence-corrected chi connectivity index (χ0v) is 24.6. The van der Waals surface area contributed by atoms with Crippen LogP contribution in [0.2, 0.25) is 10.0 Å². The van der Waals surface area contributed by atoms with Gasteiger partial charge in [0.1, 0.15) is 12.6 Å². The summed E-state index contributed by atoms with van der Waals surface area (Å²) in [6, 6.07) is 19.0. The Balaban J connectivity index is 2.08. The predicted molar refractivity (Wildman–Crippen MR) is 157 cm³/mol. The van der Waals surface area contributed by atoms with Gasteiger partial charge in [0, 0.05) is 18.1 Å². The number of anilines is 1. The van der Waals surface area contributed by atoms with Crippen LogP contribution in [0.1, 0.15) is 37.8 Å². The maximum atomic E-state index is 14.0. The van der Waals surface area contributed by atoms with Crippen LogP contribution in [0, 0.1) is 6.92 Å². The quantitative estimate of drug-likeness (QED) is 0.288. The Hall–Kier alpha value is -3.07. The maximum Gasteiger partial charge on any atom is 0.264 e. The first-order chi connectivity index (χ1) is 18.6. The zero-order valence-electron chi connectivity index (χ0n) is 22.2. The van der Waals surface area contributed by atoms with E-state index in [9.17, 15) is 18.0 Å². The maximum absolute atomic E-state index is 14.0. The number of nitrogens with zero attached hydrogens (tertiary/aromatic N) is 2. The Morgan fingerprint density at radius 1 is 0.949 bits per heavy atom. The molecule has 3 rings (SSSR count). The minimum atomic E-state index is -4.23. The van der Waals surface area contributed by atoms with Gasteiger partial charge in [-0.2, -0.15) is 0 Å². The molecule has 7 nitrogen and oxygen atoms in total. The number of hydrogen-bond donors (Lipinski definition) is 1. The second-order valence-corrected chi connectivity index (χ2v) is 11.9. The summed E-state index contributed by atoms with van der Waals surface area (Å²) in [4.78, 5) is 28.6. The molecule has 0 spiro atoms. The molecule has 0 radical (unpaired) electrons. The first-order valence-corrected chi connectivity index (χ1v) is 14.9. The Morgan fingerprint density at radius 2 is 1.67 bits per heavy atom. The molecule has 2 amide bonds. The number of aryl methyl sites for hydroxylation is 1. The second kappa shape index (κ2) is 13.8. The van der Waals surface area contributed by atoms with Gasteiger partial charge in [-0.1, -0.05) is 85.1 Å². The molecule has 1 unspecified atom stereocenters. The molecule has 0 saturated carbocycles. The zero-order chi connectivity index (χ0) is 28.6. The minimum absolute atomic E-state index is 0.00759. The van der Waals surface area contributed by atoms with E-state index in [2.05, 4.69) is 5.32 Å². The fourth-order valence-electron chi connectivity index (χ4n) is 4.20. The molecule has 1 atom stereocenters. The highest BCUT2D eigenvalue weighted by Crippen LogP contribution is 2.33. The molecule has 0 saturated heterocycles. The average molecular weight is 591 g/mol. The molecule has 39 heavy (non-hydrogen) atoms. The van der Waals surface area contributed by atoms with E-state index in [1.165, 1.54) is 35.2 Å². The first kappa shape index (κ1) is 30.5. The van der Waals surface area contributed by atoms with Crippen molar-refractivity contribution >= 4 is 50.7 Å². The molecule has 0 aliphatic carbocycles. The molecule has 0 bridgehead atoms. The molecule has 0 heterocycles. The molecule has 3 aromatic carbocycles. The number of carbonyl (C=O) groups is 2. The number of nitrogens with one attached hydrogen (secondary N) is 1. The third-order valence-corrected chi connectivity index (χ3v) is 8.49. The van der Waals surface area contributed by atoms with Crippen LogP contribution in [0.4, 0.5) is 5.69 Å². The van der Waals surface area contributed by atoms with E-state index in [1.807, 2.05) is 45.0 Å². The Labute approximate surface area is 240 Å². The van der Waals surface area contributed by atoms with Gasteiger partial charge in [0.2, 0.25) is 11.8 Å². The first-order valence-electron chi connectivity index (χ1n) is 12.7. The van der Waals surface area contributed by atoms with E-state index >= 15 is 0 Å². The van der Waals surface area contributed by atoms with E-state index in [0.717, 1.165) is 21.9 Å². The van der Waals surface area contributed by atoms with Crippen molar-refractivity contribution in [1.82, 2.24) is 10.2 Å². The second-order valence-electron chi connectivity index (χ2n) is 9.15. The van der Waals surface area contributed by atoms with Gasteiger partial charge in [0.25, 0.3) is 10.0 Å². The van der Waals surface area contributed by atoms with Crippen molar-refractivity contribution < 1.29 is 18.0 Å². The summed E-state index contributed by atoms with van der Waals surface area (Å²) >= 11 is 12.7. The van der Waals surface area contributed by atoms with Gasteiger partial charge in [-0.05, 0) is 55.7 Å². The van der Waals surface area contributed by atoms with Gasteiger partial charge >= 0.3 is 0 Å². The van der Waals surface area contributed by atoms with Gasteiger partial charge < -0.3 is 10.2 Å². The van der Waals surface area contributed by atoms with Crippen LogP contribution in [-0.4, -0.2) is 44.3 Å². The van der Waals surface area contributed by atoms with Crippen molar-refractivity contribution in [3.05, 3.63) is 94.0 Å². The standard InChI is InChI=1S/C29H33Cl2N3O4S/c1-4-16-32-29(36)26(5-2)33(19-22-11-9-10-21(3)17-22)28(35)20-34(27-18-23(30)14-15-25(27)31)39(37,38)24-12-7-6-8-13-24/h6-15,17-18,26H,4-5,16,19-20H2,1-3H3,(H,32,36). The summed E-state index contributed by atoms with van der Waals surface area (Å²) < 4.78 is 28.6. The van der Waals surface area contributed by atoms with Crippen LogP contribution in [-0.2, 0) is 26.2 Å². The van der Waals surface area contributed by atoms with Crippen LogP contribution >= 0.6 is 23.2 Å². The van der Waals surface area contributed by atoms with Crippen molar-refractivity contribution in [2.45, 2.75) is 51.1 Å². The number of sulfonamides is 1. The third-order valence-electron chi connectivity index (χ3n) is 6.16. The predicted octanol–water partition coefficient (Wildman–Crippen LogP) is 5.83. The lowest BCUT2D eigenvalue weighted by Crippen LogP contribution is -2.52. The smallest absolute Gasteiger partial charge is 0.264 e. The topological polar surface area (TPSA) is 86.8 Å². The lowest BCUT2D eigenvalue weighted by atomic mass is 10.1. The number of hydrogen-bond acceptors (Lipinski definition) is 4. The van der Waals surface area contributed by atoms with Gasteiger partial charge in [0.05, 0.1) is 15.6 Å². The third kappa shape index (κ3) is 7.75. The summed E-state index contributed by atoms with van der Waals surface area (Å²) in [6.45, 7) is 5.71. The number of halogens is 2. The largest absolute Gasteiger partial charge is 0.354 e. The summed E-state index contributed by atoms with van der Waals surface area (Å²) in [7, 11) is -4.23. The lowest BCUT2D eigenvalue weighted by molar-refractivity contribution is -0.140. The highest BCUT2D eigenvalue weighted by molar-refractivity contribution is 7.92. The molecule has 0 fully saturated rings. The summed E-state index contributed by atoms with van der Waals surface area (Å²) in [5.41, 5.74) is 1.89. The van der Waals surface area contributed by atoms with E-state index in [0.29, 0.717) is 13.0 Å². The normalized spacial score (nSPS) is 12.0. The molecular formula is C29H33Cl2N3O4S. The number of benzene rings is 3. The fourth-order valence-corrected chi connectivity index (χ4v) is 6.08. The molecule has 1 N–H and O–H groups in total. The number of carbonyl (C=O) groups excluding carboxylic acids is 2. The van der Waals surface area contributed by atoms with E-state index in [1.54, 1.807) is 18.2 Å². The molecular weight excluding hydrogens is 557 g/mol. The number of rotatable bonds is 12. The highest BCUT2D eigenvalue weighted by Gasteiger charge is 2.34. The summed E-state index contributed by atoms with van der Waals surface area (Å²) in [5.74, 6) is -0.843. The van der Waals surface area contributed by atoms with Crippen molar-refractivity contribution in [2.75, 3.05) is 17.4 Å². The molecule has 10 heteroatoms. The van der Waals surface area contributed by atoms with E-state index < -0.39 is 28.5 Å². The molecule has 0 aliphatic heterocycles. The summed E-state index contributed by atoms with van der Waals surface area (Å²) in [6.07, 6.45) is 1.08. The Bertz CT molecular complexity index is 1400. The van der Waals surface area contributed by atoms with Crippen LogP contribution in [0.25, 0.3) is 0 Å². The van der Waals surface area contributed by atoms with Crippen LogP contribution < -0.4 is 9.62 Å². The van der Waals surface area contributed by atoms with Crippen molar-refractivity contribution in [3.8, 4) is 0 Å². The molecule has 208 valence electrons. The molecule has 3 aromatic rings. The highest BCUT2D eigenvalue weighted by atomic mass is 35.5. The fraction of sp³-hybridized carbons (Fsp3) is 0.310. The van der Waals surface area contributed by atoms with E-state index in [4.69, 9.17) is 23.2 Å². The van der Waals surface area contributed by atoms with Crippen molar-refractivity contribution in [1.29, 1.82) is 0 Å². The van der Waals surface area contributed by atoms with Gasteiger partial charge in [-0.15, -0.1) is 0 Å². The minimum Gasteiger partial charge on any atom is -0.354 e. The Kier molecular flexibility index (Phi) is 10.8. The number of amides is 2. The van der Waals surface area contributed by atoms with Crippen LogP contribution in [0.3, 0.4) is 0 Å². The van der Waals surface area contributed by atoms with Gasteiger partial charge in [-0.25, -0.2) is 8.42 Å². The van der Waals surface area contributed by atoms with Crippen molar-refractivity contribution in [3.63, 3.8) is 0 Å².